The Morgan fingerprint density at radius 3 is 2.21 bits per heavy atom. The second kappa shape index (κ2) is 10.7. The first-order valence-electron chi connectivity index (χ1n) is 12.5. The number of hydrogen-bond acceptors (Lipinski definition) is 4. The van der Waals surface area contributed by atoms with Crippen molar-refractivity contribution < 1.29 is 20.1 Å². The summed E-state index contributed by atoms with van der Waals surface area (Å²) in [7, 11) is 1.85. The third kappa shape index (κ3) is 4.96. The molecule has 0 bridgehead atoms. The Morgan fingerprint density at radius 2 is 1.58 bits per heavy atom. The van der Waals surface area contributed by atoms with Crippen molar-refractivity contribution in [3.63, 3.8) is 0 Å². The van der Waals surface area contributed by atoms with Gasteiger partial charge in [0.1, 0.15) is 12.0 Å². The maximum absolute atomic E-state index is 4.86. The summed E-state index contributed by atoms with van der Waals surface area (Å²) in [6.45, 7) is 13.1. The largest absolute Gasteiger partial charge is 0.360 e. The molecule has 1 radical (unpaired) electrons. The van der Waals surface area contributed by atoms with Crippen LogP contribution in [0.4, 0.5) is 11.4 Å². The van der Waals surface area contributed by atoms with Gasteiger partial charge in [0.05, 0.1) is 11.6 Å². The molecule has 0 atom stereocenters. The molecule has 0 amide bonds. The molecule has 197 valence electrons. The van der Waals surface area contributed by atoms with Crippen LogP contribution in [0.15, 0.2) is 67.0 Å². The van der Waals surface area contributed by atoms with Gasteiger partial charge in [-0.3, -0.25) is 14.6 Å². The Morgan fingerprint density at radius 1 is 0.868 bits per heavy atom. The summed E-state index contributed by atoms with van der Waals surface area (Å²) in [5, 5.41) is 4.16. The van der Waals surface area contributed by atoms with Crippen LogP contribution in [0, 0.1) is 39.8 Å². The first kappa shape index (κ1) is 27.5. The second-order valence-corrected chi connectivity index (χ2v) is 10.1. The average Bonchev–Trinajstić information content (AvgIpc) is 3.43. The van der Waals surface area contributed by atoms with Gasteiger partial charge < -0.3 is 9.47 Å². The SMILES string of the molecule is Cc1cc(C)cc(N2c3ccc[c-]c3-c3nc(C)c(C)n3C2(C)C)c1.Cn1cnc(-c2[c-]cccc2)n1.[Ir]. The number of aromatic nitrogens is 5. The summed E-state index contributed by atoms with van der Waals surface area (Å²) < 4.78 is 4.02. The van der Waals surface area contributed by atoms with Gasteiger partial charge in [-0.15, -0.1) is 60.2 Å². The van der Waals surface area contributed by atoms with Crippen LogP contribution < -0.4 is 4.90 Å². The van der Waals surface area contributed by atoms with Crippen LogP contribution in [-0.4, -0.2) is 24.3 Å². The molecule has 6 nitrogen and oxygen atoms in total. The van der Waals surface area contributed by atoms with E-state index < -0.39 is 0 Å². The zero-order chi connectivity index (χ0) is 26.3. The molecule has 0 unspecified atom stereocenters. The molecule has 3 heterocycles. The number of rotatable bonds is 2. The van der Waals surface area contributed by atoms with Gasteiger partial charge in [-0.05, 0) is 70.5 Å². The van der Waals surface area contributed by atoms with Crippen molar-refractivity contribution in [1.29, 1.82) is 0 Å². The third-order valence-corrected chi connectivity index (χ3v) is 6.75. The maximum atomic E-state index is 4.86. The zero-order valence-corrected chi connectivity index (χ0v) is 25.3. The third-order valence-electron chi connectivity index (χ3n) is 6.75. The van der Waals surface area contributed by atoms with E-state index in [4.69, 9.17) is 4.98 Å². The van der Waals surface area contributed by atoms with Gasteiger partial charge in [-0.1, -0.05) is 11.6 Å². The van der Waals surface area contributed by atoms with Gasteiger partial charge >= 0.3 is 0 Å². The predicted molar refractivity (Wildman–Crippen MR) is 149 cm³/mol. The number of fused-ring (bicyclic) bond motifs is 3. The summed E-state index contributed by atoms with van der Waals surface area (Å²) in [4.78, 5) is 11.4. The van der Waals surface area contributed by atoms with Crippen molar-refractivity contribution in [3.05, 3.63) is 102 Å². The van der Waals surface area contributed by atoms with E-state index in [-0.39, 0.29) is 25.8 Å². The van der Waals surface area contributed by atoms with Crippen molar-refractivity contribution in [2.45, 2.75) is 47.2 Å². The number of imidazole rings is 1. The number of anilines is 2. The van der Waals surface area contributed by atoms with Gasteiger partial charge in [0, 0.05) is 44.2 Å². The van der Waals surface area contributed by atoms with E-state index in [2.05, 4.69) is 104 Å². The Labute approximate surface area is 238 Å². The molecule has 38 heavy (non-hydrogen) atoms. The fourth-order valence-corrected chi connectivity index (χ4v) is 5.17. The molecule has 1 aliphatic heterocycles. The summed E-state index contributed by atoms with van der Waals surface area (Å²) in [6.07, 6.45) is 1.68. The van der Waals surface area contributed by atoms with E-state index in [1.165, 1.54) is 22.5 Å². The molecule has 0 N–H and O–H groups in total. The minimum Gasteiger partial charge on any atom is -0.360 e. The number of benzene rings is 3. The zero-order valence-electron chi connectivity index (χ0n) is 22.9. The van der Waals surface area contributed by atoms with Gasteiger partial charge in [0.25, 0.3) is 0 Å². The molecular weight excluding hydrogens is 649 g/mol. The van der Waals surface area contributed by atoms with Crippen LogP contribution in [-0.2, 0) is 32.8 Å². The number of nitrogens with zero attached hydrogens (tertiary/aromatic N) is 6. The van der Waals surface area contributed by atoms with Gasteiger partial charge in [-0.2, -0.15) is 0 Å². The second-order valence-electron chi connectivity index (χ2n) is 10.1. The number of hydrogen-bond donors (Lipinski definition) is 0. The summed E-state index contributed by atoms with van der Waals surface area (Å²) in [6, 6.07) is 27.1. The van der Waals surface area contributed by atoms with Crippen LogP contribution in [0.1, 0.15) is 36.4 Å². The summed E-state index contributed by atoms with van der Waals surface area (Å²) in [5.74, 6) is 1.73. The average molecular weight is 681 g/mol. The minimum atomic E-state index is -0.261. The van der Waals surface area contributed by atoms with Crippen molar-refractivity contribution in [2.24, 2.45) is 7.05 Å². The van der Waals surface area contributed by atoms with Crippen LogP contribution in [0.3, 0.4) is 0 Å². The molecule has 0 saturated carbocycles. The molecule has 6 rings (SSSR count). The summed E-state index contributed by atoms with van der Waals surface area (Å²) in [5.41, 5.74) is 8.94. The molecule has 2 aromatic heterocycles. The number of aryl methyl sites for hydroxylation is 4. The van der Waals surface area contributed by atoms with Crippen LogP contribution >= 0.6 is 0 Å². The Balaban J connectivity index is 0.000000218. The van der Waals surface area contributed by atoms with E-state index in [0.717, 1.165) is 34.2 Å². The van der Waals surface area contributed by atoms with Gasteiger partial charge in [0.2, 0.25) is 0 Å². The topological polar surface area (TPSA) is 51.8 Å². The van der Waals surface area contributed by atoms with E-state index in [0.29, 0.717) is 0 Å². The molecule has 7 heteroatoms. The first-order valence-corrected chi connectivity index (χ1v) is 12.5. The molecule has 0 fully saturated rings. The molecule has 3 aromatic carbocycles. The Hall–Kier alpha value is -3.54. The Kier molecular flexibility index (Phi) is 7.73. The van der Waals surface area contributed by atoms with Crippen molar-refractivity contribution in [3.8, 4) is 22.8 Å². The fraction of sp³-hybridized carbons (Fsp3) is 0.258. The predicted octanol–water partition coefficient (Wildman–Crippen LogP) is 6.71. The van der Waals surface area contributed by atoms with Crippen LogP contribution in [0.2, 0.25) is 0 Å². The normalized spacial score (nSPS) is 13.1. The standard InChI is InChI=1S/C22H24N3.C9H8N3.Ir/c1-14-11-15(2)13-18(12-14)25-20-10-8-7-9-19(20)21-23-16(3)17(4)24(21)22(25,5)6;1-12-7-10-9(11-12)8-5-3-2-4-6-8;/h7-8,10-13H,1-6H3;2-5,7H,1H3;/q2*-1;. The quantitative estimate of drug-likeness (QED) is 0.195. The fourth-order valence-electron chi connectivity index (χ4n) is 5.17. The van der Waals surface area contributed by atoms with Crippen molar-refractivity contribution >= 4 is 11.4 Å². The molecule has 1 aliphatic rings. The van der Waals surface area contributed by atoms with Crippen LogP contribution in [0.25, 0.3) is 22.8 Å². The molecular formula is C31H32IrN6-2. The van der Waals surface area contributed by atoms with Crippen molar-refractivity contribution in [2.75, 3.05) is 4.90 Å². The molecule has 0 saturated heterocycles. The van der Waals surface area contributed by atoms with E-state index in [1.807, 2.05) is 37.4 Å². The molecule has 5 aromatic rings. The molecule has 0 aliphatic carbocycles. The van der Waals surface area contributed by atoms with E-state index >= 15 is 0 Å². The van der Waals surface area contributed by atoms with Gasteiger partial charge in [-0.25, -0.2) is 5.10 Å². The Bertz CT molecular complexity index is 1540. The van der Waals surface area contributed by atoms with Gasteiger partial charge in [0.15, 0.2) is 0 Å². The molecule has 0 spiro atoms. The smallest absolute Gasteiger partial charge is 0.102 e. The monoisotopic (exact) mass is 681 g/mol. The first-order chi connectivity index (χ1) is 17.7. The van der Waals surface area contributed by atoms with E-state index in [9.17, 15) is 0 Å². The van der Waals surface area contributed by atoms with Crippen LogP contribution in [0.5, 0.6) is 0 Å². The maximum Gasteiger partial charge on any atom is 0.102 e. The minimum absolute atomic E-state index is 0. The summed E-state index contributed by atoms with van der Waals surface area (Å²) >= 11 is 0. The van der Waals surface area contributed by atoms with Crippen molar-refractivity contribution in [1.82, 2.24) is 24.3 Å². The van der Waals surface area contributed by atoms with E-state index in [1.54, 1.807) is 11.0 Å².